The Bertz CT molecular complexity index is 1310. The van der Waals surface area contributed by atoms with Gasteiger partial charge in [0.2, 0.25) is 0 Å². The van der Waals surface area contributed by atoms with Gasteiger partial charge in [-0.3, -0.25) is 10.1 Å². The zero-order valence-electron chi connectivity index (χ0n) is 16.6. The highest BCUT2D eigenvalue weighted by atomic mass is 32.2. The molecule has 0 fully saturated rings. The van der Waals surface area contributed by atoms with Crippen LogP contribution in [0.4, 0.5) is 6.01 Å². The summed E-state index contributed by atoms with van der Waals surface area (Å²) >= 11 is 0. The fourth-order valence-electron chi connectivity index (χ4n) is 3.12. The highest BCUT2D eigenvalue weighted by Gasteiger charge is 2.19. The van der Waals surface area contributed by atoms with Crippen LogP contribution in [-0.4, -0.2) is 30.8 Å². The average molecular weight is 433 g/mol. The Morgan fingerprint density at radius 3 is 2.23 bits per heavy atom. The molecule has 1 heterocycles. The van der Waals surface area contributed by atoms with E-state index in [1.165, 1.54) is 11.6 Å². The van der Waals surface area contributed by atoms with Gasteiger partial charge < -0.3 is 4.42 Å². The van der Waals surface area contributed by atoms with Crippen LogP contribution in [0.5, 0.6) is 0 Å². The van der Waals surface area contributed by atoms with Crippen molar-refractivity contribution >= 4 is 21.8 Å². The van der Waals surface area contributed by atoms with Gasteiger partial charge in [0, 0.05) is 11.8 Å². The third-order valence-corrected chi connectivity index (χ3v) is 5.78. The zero-order chi connectivity index (χ0) is 21.8. The lowest BCUT2D eigenvalue weighted by atomic mass is 10.0. The summed E-state index contributed by atoms with van der Waals surface area (Å²) in [4.78, 5) is 12.6. The minimum absolute atomic E-state index is 0.00883. The summed E-state index contributed by atoms with van der Waals surface area (Å²) in [6.07, 6.45) is 1.88. The van der Waals surface area contributed by atoms with Crippen molar-refractivity contribution < 1.29 is 17.6 Å². The molecule has 156 valence electrons. The Hall–Kier alpha value is -3.78. The quantitative estimate of drug-likeness (QED) is 0.493. The molecule has 4 aromatic rings. The minimum atomic E-state index is -3.48. The molecule has 0 atom stereocenters. The second-order valence-electron chi connectivity index (χ2n) is 6.99. The number of hydrogen-bond donors (Lipinski definition) is 1. The van der Waals surface area contributed by atoms with Crippen LogP contribution in [0, 0.1) is 0 Å². The fraction of sp³-hybridized carbons (Fsp3) is 0.0870. The molecular formula is C23H19N3O4S. The van der Waals surface area contributed by atoms with Crippen molar-refractivity contribution in [3.63, 3.8) is 0 Å². The van der Waals surface area contributed by atoms with Crippen LogP contribution in [0.25, 0.3) is 11.5 Å². The average Bonchev–Trinajstić information content (AvgIpc) is 3.23. The topological polar surface area (TPSA) is 102 Å². The van der Waals surface area contributed by atoms with Gasteiger partial charge in [-0.05, 0) is 41.8 Å². The van der Waals surface area contributed by atoms with Crippen molar-refractivity contribution in [3.8, 4) is 11.5 Å². The van der Waals surface area contributed by atoms with E-state index in [1.807, 2.05) is 30.3 Å². The smallest absolute Gasteiger partial charge is 0.322 e. The second-order valence-corrected chi connectivity index (χ2v) is 8.98. The van der Waals surface area contributed by atoms with Gasteiger partial charge in [0.05, 0.1) is 10.5 Å². The minimum Gasteiger partial charge on any atom is -0.403 e. The standard InChI is InChI=1S/C23H19N3O4S/c1-31(28,29)20-10-6-5-9-19(20)22-25-26-23(30-22)24-21(27)18-13-11-17(12-14-18)15-16-7-3-2-4-8-16/h2-14H,15H2,1H3,(H,24,26,27). The van der Waals surface area contributed by atoms with E-state index in [0.29, 0.717) is 5.56 Å². The number of carbonyl (C=O) groups is 1. The van der Waals surface area contributed by atoms with Crippen LogP contribution in [0.3, 0.4) is 0 Å². The molecule has 0 bridgehead atoms. The first-order chi connectivity index (χ1) is 14.9. The van der Waals surface area contributed by atoms with E-state index in [-0.39, 0.29) is 22.4 Å². The van der Waals surface area contributed by atoms with Gasteiger partial charge in [-0.1, -0.05) is 59.7 Å². The Morgan fingerprint density at radius 2 is 1.52 bits per heavy atom. The number of benzene rings is 3. The van der Waals surface area contributed by atoms with E-state index >= 15 is 0 Å². The van der Waals surface area contributed by atoms with Crippen molar-refractivity contribution in [2.45, 2.75) is 11.3 Å². The van der Waals surface area contributed by atoms with Gasteiger partial charge in [-0.2, -0.15) is 0 Å². The molecule has 0 aliphatic carbocycles. The molecule has 8 heteroatoms. The summed E-state index contributed by atoms with van der Waals surface area (Å²) in [5, 5.41) is 10.2. The lowest BCUT2D eigenvalue weighted by Gasteiger charge is -2.05. The first-order valence-electron chi connectivity index (χ1n) is 9.47. The fourth-order valence-corrected chi connectivity index (χ4v) is 4.00. The molecule has 7 nitrogen and oxygen atoms in total. The van der Waals surface area contributed by atoms with Gasteiger partial charge in [0.1, 0.15) is 0 Å². The highest BCUT2D eigenvalue weighted by Crippen LogP contribution is 2.27. The SMILES string of the molecule is CS(=O)(=O)c1ccccc1-c1nnc(NC(=O)c2ccc(Cc3ccccc3)cc2)o1. The number of anilines is 1. The number of carbonyl (C=O) groups excluding carboxylic acids is 1. The van der Waals surface area contributed by atoms with Crippen molar-refractivity contribution in [1.29, 1.82) is 0 Å². The normalized spacial score (nSPS) is 11.3. The predicted octanol–water partition coefficient (Wildman–Crippen LogP) is 3.98. The number of amides is 1. The third kappa shape index (κ3) is 4.87. The van der Waals surface area contributed by atoms with E-state index < -0.39 is 15.7 Å². The molecule has 0 radical (unpaired) electrons. The number of nitrogens with one attached hydrogen (secondary N) is 1. The van der Waals surface area contributed by atoms with Crippen LogP contribution in [0.15, 0.2) is 88.2 Å². The third-order valence-electron chi connectivity index (χ3n) is 4.63. The molecule has 3 aromatic carbocycles. The molecule has 0 aliphatic rings. The largest absolute Gasteiger partial charge is 0.403 e. The summed E-state index contributed by atoms with van der Waals surface area (Å²) in [6, 6.07) is 23.5. The molecule has 1 amide bonds. The summed E-state index contributed by atoms with van der Waals surface area (Å²) in [7, 11) is -3.48. The monoisotopic (exact) mass is 433 g/mol. The summed E-state index contributed by atoms with van der Waals surface area (Å²) in [5.41, 5.74) is 2.99. The van der Waals surface area contributed by atoms with E-state index in [9.17, 15) is 13.2 Å². The van der Waals surface area contributed by atoms with E-state index in [4.69, 9.17) is 4.42 Å². The van der Waals surface area contributed by atoms with Gasteiger partial charge in [0.15, 0.2) is 9.84 Å². The number of nitrogens with zero attached hydrogens (tertiary/aromatic N) is 2. The van der Waals surface area contributed by atoms with Gasteiger partial charge >= 0.3 is 6.01 Å². The Morgan fingerprint density at radius 1 is 0.871 bits per heavy atom. The molecule has 1 aromatic heterocycles. The highest BCUT2D eigenvalue weighted by molar-refractivity contribution is 7.90. The van der Waals surface area contributed by atoms with E-state index in [0.717, 1.165) is 18.2 Å². The molecule has 0 spiro atoms. The molecular weight excluding hydrogens is 414 g/mol. The zero-order valence-corrected chi connectivity index (χ0v) is 17.5. The molecule has 31 heavy (non-hydrogen) atoms. The van der Waals surface area contributed by atoms with Crippen molar-refractivity contribution in [3.05, 3.63) is 95.6 Å². The molecule has 0 saturated carbocycles. The number of sulfone groups is 1. The van der Waals surface area contributed by atoms with Crippen LogP contribution >= 0.6 is 0 Å². The van der Waals surface area contributed by atoms with Crippen LogP contribution in [0.1, 0.15) is 21.5 Å². The molecule has 0 unspecified atom stereocenters. The number of rotatable bonds is 6. The molecule has 0 aliphatic heterocycles. The summed E-state index contributed by atoms with van der Waals surface area (Å²) < 4.78 is 29.4. The Balaban J connectivity index is 1.47. The molecule has 0 saturated heterocycles. The predicted molar refractivity (Wildman–Crippen MR) is 116 cm³/mol. The lowest BCUT2D eigenvalue weighted by molar-refractivity contribution is 0.102. The van der Waals surface area contributed by atoms with Crippen molar-refractivity contribution in [2.75, 3.05) is 11.6 Å². The van der Waals surface area contributed by atoms with Gasteiger partial charge in [-0.25, -0.2) is 8.42 Å². The summed E-state index contributed by atoms with van der Waals surface area (Å²) in [6.45, 7) is 0. The maximum atomic E-state index is 12.5. The van der Waals surface area contributed by atoms with Crippen LogP contribution in [-0.2, 0) is 16.3 Å². The second kappa shape index (κ2) is 8.53. The van der Waals surface area contributed by atoms with Gasteiger partial charge in [-0.15, -0.1) is 5.10 Å². The number of hydrogen-bond acceptors (Lipinski definition) is 6. The first-order valence-corrected chi connectivity index (χ1v) is 11.4. The first kappa shape index (κ1) is 20.5. The van der Waals surface area contributed by atoms with Crippen molar-refractivity contribution in [1.82, 2.24) is 10.2 Å². The maximum absolute atomic E-state index is 12.5. The lowest BCUT2D eigenvalue weighted by Crippen LogP contribution is -2.12. The van der Waals surface area contributed by atoms with Crippen LogP contribution < -0.4 is 5.32 Å². The maximum Gasteiger partial charge on any atom is 0.322 e. The van der Waals surface area contributed by atoms with Crippen LogP contribution in [0.2, 0.25) is 0 Å². The van der Waals surface area contributed by atoms with E-state index in [1.54, 1.807) is 30.3 Å². The van der Waals surface area contributed by atoms with Crippen molar-refractivity contribution in [2.24, 2.45) is 0 Å². The summed E-state index contributed by atoms with van der Waals surface area (Å²) in [5.74, 6) is -0.396. The number of aromatic nitrogens is 2. The van der Waals surface area contributed by atoms with E-state index in [2.05, 4.69) is 27.6 Å². The van der Waals surface area contributed by atoms with Gasteiger partial charge in [0.25, 0.3) is 11.8 Å². The Kier molecular flexibility index (Phi) is 5.64. The molecule has 4 rings (SSSR count). The molecule has 1 N–H and O–H groups in total. The Labute approximate surface area is 179 Å².